The monoisotopic (exact) mass is 337 g/mol. The number of carbonyl (C=O) groups is 1. The van der Waals surface area contributed by atoms with Crippen molar-refractivity contribution >= 4 is 22.9 Å². The van der Waals surface area contributed by atoms with E-state index in [0.717, 1.165) is 25.2 Å². The quantitative estimate of drug-likeness (QED) is 0.639. The molecule has 1 aromatic heterocycles. The molecule has 1 aliphatic rings. The maximum Gasteiger partial charge on any atom is 0.230 e. The molecule has 1 aromatic rings. The molecule has 1 amide bonds. The van der Waals surface area contributed by atoms with Crippen LogP contribution < -0.4 is 4.90 Å². The molecule has 23 heavy (non-hydrogen) atoms. The lowest BCUT2D eigenvalue weighted by molar-refractivity contribution is -0.123. The van der Waals surface area contributed by atoms with Crippen LogP contribution in [-0.4, -0.2) is 11.9 Å². The van der Waals surface area contributed by atoms with Crippen LogP contribution in [0.3, 0.4) is 0 Å². The smallest absolute Gasteiger partial charge is 0.230 e. The summed E-state index contributed by atoms with van der Waals surface area (Å²) in [6.07, 6.45) is 5.53. The van der Waals surface area contributed by atoms with Gasteiger partial charge in [0.05, 0.1) is 5.69 Å². The number of carbonyl (C=O) groups excluding carboxylic acids is 1. The maximum absolute atomic E-state index is 13.1. The molecule has 0 N–H and O–H groups in total. The van der Waals surface area contributed by atoms with Gasteiger partial charge in [-0.1, -0.05) is 27.7 Å². The molecule has 0 bridgehead atoms. The molecule has 0 unspecified atom stereocenters. The third-order valence-corrected chi connectivity index (χ3v) is 5.79. The molecule has 132 valence electrons. The first-order chi connectivity index (χ1) is 10.9. The van der Waals surface area contributed by atoms with E-state index in [1.165, 1.54) is 28.3 Å². The molecule has 2 rings (SSSR count). The van der Waals surface area contributed by atoms with E-state index < -0.39 is 0 Å². The molecular formula is C20H35NOS. The van der Waals surface area contributed by atoms with Crippen molar-refractivity contribution in [2.45, 2.75) is 86.6 Å². The summed E-state index contributed by atoms with van der Waals surface area (Å²) >= 11 is 1.83. The van der Waals surface area contributed by atoms with Crippen molar-refractivity contribution in [3.63, 3.8) is 0 Å². The fourth-order valence-corrected chi connectivity index (χ4v) is 4.33. The van der Waals surface area contributed by atoms with Crippen LogP contribution in [0.1, 0.15) is 77.0 Å². The number of amides is 1. The summed E-state index contributed by atoms with van der Waals surface area (Å²) < 4.78 is 0. The van der Waals surface area contributed by atoms with Crippen molar-refractivity contribution in [1.29, 1.82) is 0 Å². The Morgan fingerprint density at radius 1 is 1.26 bits per heavy atom. The van der Waals surface area contributed by atoms with Crippen LogP contribution in [0.2, 0.25) is 0 Å². The summed E-state index contributed by atoms with van der Waals surface area (Å²) in [5.74, 6) is 1.37. The summed E-state index contributed by atoms with van der Waals surface area (Å²) in [5.41, 5.74) is 1.17. The fraction of sp³-hybridized carbons (Fsp3) is 0.750. The molecule has 1 fully saturated rings. The van der Waals surface area contributed by atoms with Crippen molar-refractivity contribution in [2.75, 3.05) is 4.90 Å². The highest BCUT2D eigenvalue weighted by Gasteiger charge is 2.31. The molecule has 1 aliphatic carbocycles. The Kier molecular flexibility index (Phi) is 8.32. The van der Waals surface area contributed by atoms with Gasteiger partial charge in [-0.2, -0.15) is 0 Å². The zero-order valence-corrected chi connectivity index (χ0v) is 16.9. The van der Waals surface area contributed by atoms with Gasteiger partial charge in [0.25, 0.3) is 0 Å². The Morgan fingerprint density at radius 3 is 2.30 bits per heavy atom. The van der Waals surface area contributed by atoms with Gasteiger partial charge in [0, 0.05) is 21.7 Å². The topological polar surface area (TPSA) is 20.3 Å². The Balaban J connectivity index is 0.00000127. The molecule has 0 spiro atoms. The Bertz CT molecular complexity index is 484. The predicted molar refractivity (Wildman–Crippen MR) is 104 cm³/mol. The average molecular weight is 338 g/mol. The highest BCUT2D eigenvalue weighted by atomic mass is 32.1. The van der Waals surface area contributed by atoms with Gasteiger partial charge in [0.15, 0.2) is 0 Å². The van der Waals surface area contributed by atoms with Gasteiger partial charge in [-0.05, 0) is 64.9 Å². The van der Waals surface area contributed by atoms with E-state index in [-0.39, 0.29) is 12.0 Å². The number of hydrogen-bond donors (Lipinski definition) is 0. The minimum Gasteiger partial charge on any atom is -0.309 e. The van der Waals surface area contributed by atoms with E-state index in [1.54, 1.807) is 0 Å². The van der Waals surface area contributed by atoms with E-state index in [4.69, 9.17) is 0 Å². The lowest BCUT2D eigenvalue weighted by atomic mass is 9.82. The van der Waals surface area contributed by atoms with Gasteiger partial charge in [0.2, 0.25) is 5.91 Å². The Morgan fingerprint density at radius 2 is 1.83 bits per heavy atom. The number of aryl methyl sites for hydroxylation is 2. The molecule has 1 heterocycles. The first-order valence-electron chi connectivity index (χ1n) is 9.36. The summed E-state index contributed by atoms with van der Waals surface area (Å²) in [5, 5.41) is 0. The van der Waals surface area contributed by atoms with Crippen LogP contribution in [0.5, 0.6) is 0 Å². The molecule has 3 heteroatoms. The van der Waals surface area contributed by atoms with Crippen LogP contribution in [-0.2, 0) is 11.2 Å². The first-order valence-corrected chi connectivity index (χ1v) is 10.2. The fourth-order valence-electron chi connectivity index (χ4n) is 3.36. The van der Waals surface area contributed by atoms with Crippen molar-refractivity contribution in [3.05, 3.63) is 15.8 Å². The Hall–Kier alpha value is -0.830. The summed E-state index contributed by atoms with van der Waals surface area (Å²) in [6.45, 7) is 14.9. The molecular weight excluding hydrogens is 302 g/mol. The number of nitrogens with zero attached hydrogens (tertiary/aromatic N) is 1. The van der Waals surface area contributed by atoms with Gasteiger partial charge in [0.1, 0.15) is 0 Å². The Labute approximate surface area is 147 Å². The molecule has 0 atom stereocenters. The lowest BCUT2D eigenvalue weighted by Crippen LogP contribution is -2.42. The molecule has 0 saturated heterocycles. The minimum atomic E-state index is 0.230. The van der Waals surface area contributed by atoms with Gasteiger partial charge >= 0.3 is 0 Å². The lowest BCUT2D eigenvalue weighted by Gasteiger charge is -2.33. The van der Waals surface area contributed by atoms with Crippen LogP contribution in [0.4, 0.5) is 5.69 Å². The van der Waals surface area contributed by atoms with Crippen molar-refractivity contribution < 1.29 is 4.79 Å². The van der Waals surface area contributed by atoms with Crippen LogP contribution in [0, 0.1) is 18.8 Å². The second kappa shape index (κ2) is 9.46. The number of thiophene rings is 1. The minimum absolute atomic E-state index is 0.230. The zero-order chi connectivity index (χ0) is 17.6. The summed E-state index contributed by atoms with van der Waals surface area (Å²) in [6, 6.07) is 2.43. The van der Waals surface area contributed by atoms with E-state index in [2.05, 4.69) is 45.6 Å². The largest absolute Gasteiger partial charge is 0.309 e. The second-order valence-corrected chi connectivity index (χ2v) is 8.12. The number of hydrogen-bond acceptors (Lipinski definition) is 2. The SMILES string of the molecule is CC.CCc1sc(C)cc1N(C(=O)C1CCC(C)CC1)C(C)C. The third kappa shape index (κ3) is 5.07. The normalized spacial score (nSPS) is 20.9. The van der Waals surface area contributed by atoms with Crippen LogP contribution >= 0.6 is 11.3 Å². The second-order valence-electron chi connectivity index (χ2n) is 6.78. The average Bonchev–Trinajstić information content (AvgIpc) is 2.90. The summed E-state index contributed by atoms with van der Waals surface area (Å²) in [7, 11) is 0. The molecule has 0 aliphatic heterocycles. The van der Waals surface area contributed by atoms with Gasteiger partial charge in [-0.25, -0.2) is 0 Å². The highest BCUT2D eigenvalue weighted by molar-refractivity contribution is 7.12. The molecule has 0 aromatic carbocycles. The van der Waals surface area contributed by atoms with Crippen molar-refractivity contribution in [2.24, 2.45) is 11.8 Å². The summed E-state index contributed by atoms with van der Waals surface area (Å²) in [4.78, 5) is 17.8. The standard InChI is InChI=1S/C18H29NOS.C2H6/c1-6-17-16(11-14(5)21-17)19(12(2)3)18(20)15-9-7-13(4)8-10-15;1-2/h11-13,15H,6-10H2,1-5H3;1-2H3. The number of rotatable bonds is 4. The van der Waals surface area contributed by atoms with Gasteiger partial charge in [-0.15, -0.1) is 11.3 Å². The van der Waals surface area contributed by atoms with E-state index >= 15 is 0 Å². The number of anilines is 1. The van der Waals surface area contributed by atoms with Crippen molar-refractivity contribution in [3.8, 4) is 0 Å². The molecule has 2 nitrogen and oxygen atoms in total. The van der Waals surface area contributed by atoms with Crippen LogP contribution in [0.15, 0.2) is 6.07 Å². The van der Waals surface area contributed by atoms with Crippen LogP contribution in [0.25, 0.3) is 0 Å². The third-order valence-electron chi connectivity index (χ3n) is 4.61. The van der Waals surface area contributed by atoms with E-state index in [0.29, 0.717) is 5.91 Å². The van der Waals surface area contributed by atoms with Gasteiger partial charge in [-0.3, -0.25) is 4.79 Å². The molecule has 0 radical (unpaired) electrons. The first kappa shape index (κ1) is 20.2. The maximum atomic E-state index is 13.1. The zero-order valence-electron chi connectivity index (χ0n) is 16.1. The van der Waals surface area contributed by atoms with Crippen molar-refractivity contribution in [1.82, 2.24) is 0 Å². The molecule has 1 saturated carbocycles. The van der Waals surface area contributed by atoms with E-state index in [9.17, 15) is 4.79 Å². The predicted octanol–water partition coefficient (Wildman–Crippen LogP) is 6.21. The van der Waals surface area contributed by atoms with E-state index in [1.807, 2.05) is 25.2 Å². The van der Waals surface area contributed by atoms with Gasteiger partial charge < -0.3 is 4.90 Å². The highest BCUT2D eigenvalue weighted by Crippen LogP contribution is 2.36.